The molecular formula is C10H11F3N2O4. The number of ether oxygens (including phenoxy) is 1. The number of carboxylic acids is 1. The molecule has 0 saturated carbocycles. The number of aliphatic carboxylic acids is 1. The average Bonchev–Trinajstić information content (AvgIpc) is 2.94. The van der Waals surface area contributed by atoms with Gasteiger partial charge in [-0.05, 0) is 12.8 Å². The van der Waals surface area contributed by atoms with Crippen molar-refractivity contribution in [3.63, 3.8) is 0 Å². The van der Waals surface area contributed by atoms with Crippen LogP contribution in [0.1, 0.15) is 37.1 Å². The van der Waals surface area contributed by atoms with Gasteiger partial charge < -0.3 is 14.4 Å². The van der Waals surface area contributed by atoms with E-state index in [0.717, 1.165) is 0 Å². The molecule has 1 aliphatic rings. The summed E-state index contributed by atoms with van der Waals surface area (Å²) in [5, 5.41) is 12.2. The molecule has 0 spiro atoms. The van der Waals surface area contributed by atoms with Crippen LogP contribution in [0.4, 0.5) is 13.2 Å². The minimum atomic E-state index is -4.28. The number of rotatable bonds is 4. The van der Waals surface area contributed by atoms with Crippen molar-refractivity contribution in [2.75, 3.05) is 0 Å². The second-order valence-electron chi connectivity index (χ2n) is 4.19. The van der Waals surface area contributed by atoms with Crippen molar-refractivity contribution in [3.05, 3.63) is 11.7 Å². The van der Waals surface area contributed by atoms with Gasteiger partial charge in [-0.2, -0.15) is 18.2 Å². The predicted octanol–water partition coefficient (Wildman–Crippen LogP) is 1.87. The first-order valence-electron chi connectivity index (χ1n) is 5.62. The lowest BCUT2D eigenvalue weighted by atomic mass is 10.2. The molecule has 0 radical (unpaired) electrons. The van der Waals surface area contributed by atoms with Crippen LogP contribution >= 0.6 is 0 Å². The monoisotopic (exact) mass is 280 g/mol. The first-order valence-corrected chi connectivity index (χ1v) is 5.62. The maximum absolute atomic E-state index is 12.0. The van der Waals surface area contributed by atoms with Crippen molar-refractivity contribution >= 4 is 5.97 Å². The normalized spacial score (nSPS) is 23.7. The van der Waals surface area contributed by atoms with Crippen molar-refractivity contribution < 1.29 is 32.3 Å². The van der Waals surface area contributed by atoms with Gasteiger partial charge in [0, 0.05) is 6.42 Å². The molecule has 2 atom stereocenters. The number of alkyl halides is 3. The SMILES string of the molecule is O=C(O)C1CCC(c2nc(CCC(F)(F)F)no2)O1. The number of hydrogen-bond acceptors (Lipinski definition) is 5. The van der Waals surface area contributed by atoms with Crippen LogP contribution in [0.25, 0.3) is 0 Å². The van der Waals surface area contributed by atoms with Crippen molar-refractivity contribution in [1.82, 2.24) is 10.1 Å². The van der Waals surface area contributed by atoms with Crippen molar-refractivity contribution in [2.24, 2.45) is 0 Å². The Balaban J connectivity index is 1.93. The molecule has 1 aromatic rings. The molecule has 1 aromatic heterocycles. The van der Waals surface area contributed by atoms with Crippen LogP contribution in [0.5, 0.6) is 0 Å². The molecule has 9 heteroatoms. The second-order valence-corrected chi connectivity index (χ2v) is 4.19. The third-order valence-corrected chi connectivity index (χ3v) is 2.69. The lowest BCUT2D eigenvalue weighted by Gasteiger charge is -2.05. The largest absolute Gasteiger partial charge is 0.479 e. The van der Waals surface area contributed by atoms with Gasteiger partial charge in [-0.25, -0.2) is 4.79 Å². The van der Waals surface area contributed by atoms with Gasteiger partial charge in [-0.15, -0.1) is 0 Å². The molecule has 1 N–H and O–H groups in total. The van der Waals surface area contributed by atoms with E-state index in [1.54, 1.807) is 0 Å². The van der Waals surface area contributed by atoms with Gasteiger partial charge in [0.1, 0.15) is 6.10 Å². The van der Waals surface area contributed by atoms with Crippen LogP contribution in [-0.4, -0.2) is 33.5 Å². The standard InChI is InChI=1S/C10H11F3N2O4/c11-10(12,13)4-3-7-14-8(19-15-7)5-1-2-6(18-5)9(16)17/h5-6H,1-4H2,(H,16,17). The van der Waals surface area contributed by atoms with Crippen LogP contribution in [0, 0.1) is 0 Å². The highest BCUT2D eigenvalue weighted by atomic mass is 19.4. The Labute approximate surface area is 105 Å². The van der Waals surface area contributed by atoms with E-state index in [4.69, 9.17) is 14.4 Å². The fourth-order valence-electron chi connectivity index (χ4n) is 1.75. The summed E-state index contributed by atoms with van der Waals surface area (Å²) >= 11 is 0. The Hall–Kier alpha value is -1.64. The van der Waals surface area contributed by atoms with Gasteiger partial charge in [0.2, 0.25) is 0 Å². The maximum Gasteiger partial charge on any atom is 0.389 e. The van der Waals surface area contributed by atoms with E-state index in [1.165, 1.54) is 0 Å². The zero-order valence-corrected chi connectivity index (χ0v) is 9.68. The number of carbonyl (C=O) groups is 1. The molecule has 2 unspecified atom stereocenters. The molecule has 6 nitrogen and oxygen atoms in total. The number of aromatic nitrogens is 2. The van der Waals surface area contributed by atoms with E-state index in [1.807, 2.05) is 0 Å². The summed E-state index contributed by atoms with van der Waals surface area (Å²) < 4.78 is 46.0. The fraction of sp³-hybridized carbons (Fsp3) is 0.700. The molecule has 2 heterocycles. The molecule has 1 saturated heterocycles. The molecule has 0 bridgehead atoms. The summed E-state index contributed by atoms with van der Waals surface area (Å²) in [7, 11) is 0. The van der Waals surface area contributed by atoms with Crippen molar-refractivity contribution in [1.29, 1.82) is 0 Å². The lowest BCUT2D eigenvalue weighted by Crippen LogP contribution is -2.18. The van der Waals surface area contributed by atoms with Gasteiger partial charge in [0.05, 0.1) is 6.42 Å². The van der Waals surface area contributed by atoms with Gasteiger partial charge in [-0.3, -0.25) is 0 Å². The Morgan fingerprint density at radius 1 is 1.42 bits per heavy atom. The topological polar surface area (TPSA) is 85.5 Å². The van der Waals surface area contributed by atoms with Crippen LogP contribution < -0.4 is 0 Å². The smallest absolute Gasteiger partial charge is 0.389 e. The third kappa shape index (κ3) is 3.66. The molecule has 2 rings (SSSR count). The summed E-state index contributed by atoms with van der Waals surface area (Å²) in [6, 6.07) is 0. The summed E-state index contributed by atoms with van der Waals surface area (Å²) in [6.45, 7) is 0. The highest BCUT2D eigenvalue weighted by Gasteiger charge is 2.35. The van der Waals surface area contributed by atoms with Crippen LogP contribution in [0.3, 0.4) is 0 Å². The fourth-order valence-corrected chi connectivity index (χ4v) is 1.75. The average molecular weight is 280 g/mol. The molecule has 1 fully saturated rings. The summed E-state index contributed by atoms with van der Waals surface area (Å²) in [5.74, 6) is -1.12. The molecular weight excluding hydrogens is 269 g/mol. The van der Waals surface area contributed by atoms with Gasteiger partial charge >= 0.3 is 12.1 Å². The minimum Gasteiger partial charge on any atom is -0.479 e. The zero-order chi connectivity index (χ0) is 14.0. The number of hydrogen-bond donors (Lipinski definition) is 1. The van der Waals surface area contributed by atoms with Gasteiger partial charge in [-0.1, -0.05) is 5.16 Å². The van der Waals surface area contributed by atoms with Crippen LogP contribution in [-0.2, 0) is 16.0 Å². The number of carboxylic acid groups (broad SMARTS) is 1. The Morgan fingerprint density at radius 3 is 2.74 bits per heavy atom. The third-order valence-electron chi connectivity index (χ3n) is 2.69. The van der Waals surface area contributed by atoms with Crippen molar-refractivity contribution in [3.8, 4) is 0 Å². The maximum atomic E-state index is 12.0. The summed E-state index contributed by atoms with van der Waals surface area (Å²) in [4.78, 5) is 14.5. The van der Waals surface area contributed by atoms with Gasteiger partial charge in [0.25, 0.3) is 5.89 Å². The quantitative estimate of drug-likeness (QED) is 0.906. The molecule has 0 amide bonds. The minimum absolute atomic E-state index is 0.0286. The van der Waals surface area contributed by atoms with Crippen LogP contribution in [0.15, 0.2) is 4.52 Å². The predicted molar refractivity (Wildman–Crippen MR) is 53.2 cm³/mol. The molecule has 1 aliphatic heterocycles. The van der Waals surface area contributed by atoms with E-state index in [-0.39, 0.29) is 18.1 Å². The van der Waals surface area contributed by atoms with Gasteiger partial charge in [0.15, 0.2) is 11.9 Å². The lowest BCUT2D eigenvalue weighted by molar-refractivity contribution is -0.150. The van der Waals surface area contributed by atoms with E-state index in [0.29, 0.717) is 12.8 Å². The highest BCUT2D eigenvalue weighted by molar-refractivity contribution is 5.72. The first kappa shape index (κ1) is 13.8. The summed E-state index contributed by atoms with van der Waals surface area (Å²) in [6.07, 6.45) is -6.59. The first-order chi connectivity index (χ1) is 8.85. The van der Waals surface area contributed by atoms with E-state index < -0.39 is 30.8 Å². The highest BCUT2D eigenvalue weighted by Crippen LogP contribution is 2.32. The van der Waals surface area contributed by atoms with E-state index >= 15 is 0 Å². The molecule has 0 aromatic carbocycles. The molecule has 19 heavy (non-hydrogen) atoms. The molecule has 0 aliphatic carbocycles. The Kier molecular flexibility index (Phi) is 3.74. The van der Waals surface area contributed by atoms with E-state index in [9.17, 15) is 18.0 Å². The Morgan fingerprint density at radius 2 is 2.16 bits per heavy atom. The molecule has 106 valence electrons. The Bertz CT molecular complexity index is 460. The zero-order valence-electron chi connectivity index (χ0n) is 9.68. The number of aryl methyl sites for hydroxylation is 1. The number of nitrogens with zero attached hydrogens (tertiary/aromatic N) is 2. The van der Waals surface area contributed by atoms with Crippen LogP contribution in [0.2, 0.25) is 0 Å². The van der Waals surface area contributed by atoms with E-state index in [2.05, 4.69) is 10.1 Å². The van der Waals surface area contributed by atoms with Crippen molar-refractivity contribution in [2.45, 2.75) is 44.1 Å². The summed E-state index contributed by atoms with van der Waals surface area (Å²) in [5.41, 5.74) is 0. The number of halogens is 3. The second kappa shape index (κ2) is 5.16.